The first-order valence-electron chi connectivity index (χ1n) is 8.45. The Hall–Kier alpha value is -0.0301. The molecule has 0 N–H and O–H groups in total. The molecule has 2 aliphatic rings. The molecule has 4 nitrogen and oxygen atoms in total. The van der Waals surface area contributed by atoms with Crippen LogP contribution in [-0.4, -0.2) is 36.4 Å². The molecule has 2 atom stereocenters. The predicted octanol–water partition coefficient (Wildman–Crippen LogP) is 3.52. The second-order valence-corrected chi connectivity index (χ2v) is 8.88. The fourth-order valence-electron chi connectivity index (χ4n) is 3.22. The van der Waals surface area contributed by atoms with Crippen molar-refractivity contribution in [2.75, 3.05) is 0 Å². The van der Waals surface area contributed by atoms with Gasteiger partial charge in [-0.25, -0.2) is 0 Å². The second kappa shape index (κ2) is 5.23. The van der Waals surface area contributed by atoms with E-state index in [1.165, 1.54) is 0 Å². The van der Waals surface area contributed by atoms with Crippen LogP contribution in [0.15, 0.2) is 0 Å². The third-order valence-electron chi connectivity index (χ3n) is 6.33. The average molecular weight is 310 g/mol. The SMILES string of the molecule is CC(C)C(C)C1(C)OB(B2OC(C)(C)C(C)(C)O2)OC1(C)C. The maximum absolute atomic E-state index is 6.39. The molecule has 0 saturated carbocycles. The van der Waals surface area contributed by atoms with E-state index in [-0.39, 0.29) is 16.8 Å². The fourth-order valence-corrected chi connectivity index (χ4v) is 3.22. The van der Waals surface area contributed by atoms with Gasteiger partial charge in [-0.05, 0) is 60.3 Å². The molecule has 22 heavy (non-hydrogen) atoms. The van der Waals surface area contributed by atoms with Crippen LogP contribution < -0.4 is 0 Å². The highest BCUT2D eigenvalue weighted by Gasteiger charge is 2.66. The highest BCUT2D eigenvalue weighted by molar-refractivity contribution is 7.11. The molecule has 0 bridgehead atoms. The van der Waals surface area contributed by atoms with E-state index in [1.807, 2.05) is 27.7 Å². The van der Waals surface area contributed by atoms with Crippen LogP contribution >= 0.6 is 0 Å². The molecule has 0 amide bonds. The van der Waals surface area contributed by atoms with Crippen LogP contribution in [0.4, 0.5) is 0 Å². The van der Waals surface area contributed by atoms with E-state index in [0.29, 0.717) is 11.8 Å². The fraction of sp³-hybridized carbons (Fsp3) is 1.00. The van der Waals surface area contributed by atoms with E-state index >= 15 is 0 Å². The van der Waals surface area contributed by atoms with E-state index in [0.717, 1.165) is 0 Å². The van der Waals surface area contributed by atoms with Gasteiger partial charge in [0.2, 0.25) is 0 Å². The number of rotatable bonds is 3. The molecule has 0 radical (unpaired) electrons. The minimum Gasteiger partial charge on any atom is -0.405 e. The summed E-state index contributed by atoms with van der Waals surface area (Å²) in [5.41, 5.74) is -1.53. The minimum atomic E-state index is -0.498. The summed E-state index contributed by atoms with van der Waals surface area (Å²) >= 11 is 0. The lowest BCUT2D eigenvalue weighted by Crippen LogP contribution is -2.51. The van der Waals surface area contributed by atoms with Crippen molar-refractivity contribution >= 4 is 14.0 Å². The van der Waals surface area contributed by atoms with Crippen LogP contribution in [0.25, 0.3) is 0 Å². The van der Waals surface area contributed by atoms with E-state index in [4.69, 9.17) is 18.6 Å². The van der Waals surface area contributed by atoms with E-state index in [1.54, 1.807) is 0 Å². The molecule has 0 spiro atoms. The molecular weight excluding hydrogens is 278 g/mol. The summed E-state index contributed by atoms with van der Waals surface area (Å²) in [6.45, 7) is 21.2. The van der Waals surface area contributed by atoms with E-state index in [2.05, 4.69) is 41.5 Å². The summed E-state index contributed by atoms with van der Waals surface area (Å²) in [6, 6.07) is 0. The van der Waals surface area contributed by atoms with Gasteiger partial charge < -0.3 is 18.6 Å². The molecule has 126 valence electrons. The van der Waals surface area contributed by atoms with Gasteiger partial charge in [0.05, 0.1) is 22.4 Å². The zero-order chi connectivity index (χ0) is 17.1. The van der Waals surface area contributed by atoms with Gasteiger partial charge in [-0.1, -0.05) is 20.8 Å². The molecule has 0 aromatic heterocycles. The Balaban J connectivity index is 2.21. The summed E-state index contributed by atoms with van der Waals surface area (Å²) in [5, 5.41) is 0. The highest BCUT2D eigenvalue weighted by atomic mass is 16.7. The lowest BCUT2D eigenvalue weighted by Gasteiger charge is -2.43. The van der Waals surface area contributed by atoms with Crippen molar-refractivity contribution in [1.82, 2.24) is 0 Å². The van der Waals surface area contributed by atoms with Crippen molar-refractivity contribution in [1.29, 1.82) is 0 Å². The van der Waals surface area contributed by atoms with Gasteiger partial charge in [0.15, 0.2) is 0 Å². The normalized spacial score (nSPS) is 34.5. The van der Waals surface area contributed by atoms with Crippen molar-refractivity contribution in [3.8, 4) is 0 Å². The first kappa shape index (κ1) is 18.3. The van der Waals surface area contributed by atoms with Crippen LogP contribution in [-0.2, 0) is 18.6 Å². The monoisotopic (exact) mass is 310 g/mol. The summed E-state index contributed by atoms with van der Waals surface area (Å²) in [7, 11) is -0.993. The Labute approximate surface area is 136 Å². The molecule has 0 aliphatic carbocycles. The lowest BCUT2D eigenvalue weighted by molar-refractivity contribution is -0.0621. The Bertz CT molecular complexity index is 420. The van der Waals surface area contributed by atoms with Crippen LogP contribution in [0, 0.1) is 11.8 Å². The Morgan fingerprint density at radius 3 is 1.36 bits per heavy atom. The van der Waals surface area contributed by atoms with Gasteiger partial charge in [0, 0.05) is 0 Å². The van der Waals surface area contributed by atoms with Crippen LogP contribution in [0.5, 0.6) is 0 Å². The van der Waals surface area contributed by atoms with E-state index in [9.17, 15) is 0 Å². The summed E-state index contributed by atoms with van der Waals surface area (Å²) in [5.74, 6) is 0.861. The smallest absolute Gasteiger partial charge is 0.405 e. The standard InChI is InChI=1S/C16H32B2O4/c1-11(2)12(3)16(10)15(8,9)21-18(22-16)17-19-13(4,5)14(6,7)20-17/h11-12H,1-10H3. The highest BCUT2D eigenvalue weighted by Crippen LogP contribution is 2.47. The summed E-state index contributed by atoms with van der Waals surface area (Å²) in [4.78, 5) is 0. The molecule has 2 unspecified atom stereocenters. The minimum absolute atomic E-state index is 0.356. The Kier molecular flexibility index (Phi) is 4.36. The second-order valence-electron chi connectivity index (χ2n) is 8.88. The van der Waals surface area contributed by atoms with Gasteiger partial charge in [0.1, 0.15) is 0 Å². The van der Waals surface area contributed by atoms with Crippen LogP contribution in [0.2, 0.25) is 0 Å². The van der Waals surface area contributed by atoms with Crippen molar-refractivity contribution in [3.05, 3.63) is 0 Å². The molecule has 2 heterocycles. The Morgan fingerprint density at radius 1 is 0.591 bits per heavy atom. The largest absolute Gasteiger partial charge is 0.489 e. The molecule has 2 fully saturated rings. The molecule has 2 aliphatic heterocycles. The summed E-state index contributed by atoms with van der Waals surface area (Å²) < 4.78 is 24.8. The number of hydrogen-bond acceptors (Lipinski definition) is 4. The number of hydrogen-bond donors (Lipinski definition) is 0. The van der Waals surface area contributed by atoms with Crippen LogP contribution in [0.3, 0.4) is 0 Å². The third-order valence-corrected chi connectivity index (χ3v) is 6.33. The van der Waals surface area contributed by atoms with Gasteiger partial charge in [-0.2, -0.15) is 0 Å². The van der Waals surface area contributed by atoms with Crippen molar-refractivity contribution < 1.29 is 18.6 Å². The summed E-state index contributed by atoms with van der Waals surface area (Å²) in [6.07, 6.45) is 0. The third kappa shape index (κ3) is 2.66. The van der Waals surface area contributed by atoms with Gasteiger partial charge in [-0.15, -0.1) is 0 Å². The zero-order valence-corrected chi connectivity index (χ0v) is 15.9. The van der Waals surface area contributed by atoms with Gasteiger partial charge in [0.25, 0.3) is 0 Å². The zero-order valence-electron chi connectivity index (χ0n) is 15.9. The first-order chi connectivity index (χ1) is 9.73. The average Bonchev–Trinajstić information content (AvgIpc) is 2.70. The van der Waals surface area contributed by atoms with E-state index < -0.39 is 19.6 Å². The quantitative estimate of drug-likeness (QED) is 0.747. The molecule has 2 rings (SSSR count). The lowest BCUT2D eigenvalue weighted by atomic mass is 9.49. The topological polar surface area (TPSA) is 36.9 Å². The van der Waals surface area contributed by atoms with Crippen molar-refractivity contribution in [2.45, 2.75) is 91.6 Å². The van der Waals surface area contributed by atoms with Crippen LogP contribution in [0.1, 0.15) is 69.2 Å². The van der Waals surface area contributed by atoms with Crippen molar-refractivity contribution in [3.63, 3.8) is 0 Å². The Morgan fingerprint density at radius 2 is 0.955 bits per heavy atom. The maximum atomic E-state index is 6.39. The molecule has 0 aromatic rings. The van der Waals surface area contributed by atoms with Crippen molar-refractivity contribution in [2.24, 2.45) is 11.8 Å². The maximum Gasteiger partial charge on any atom is 0.489 e. The van der Waals surface area contributed by atoms with Gasteiger partial charge >= 0.3 is 14.0 Å². The van der Waals surface area contributed by atoms with Gasteiger partial charge in [-0.3, -0.25) is 0 Å². The first-order valence-corrected chi connectivity index (χ1v) is 8.45. The molecular formula is C16H32B2O4. The predicted molar refractivity (Wildman–Crippen MR) is 90.5 cm³/mol. The molecule has 2 saturated heterocycles. The molecule has 6 heteroatoms. The molecule has 0 aromatic carbocycles.